The lowest BCUT2D eigenvalue weighted by molar-refractivity contribution is 0.155. The van der Waals surface area contributed by atoms with Gasteiger partial charge < -0.3 is 0 Å². The molecular weight excluding hydrogens is 322 g/mol. The van der Waals surface area contributed by atoms with Crippen LogP contribution in [0.4, 0.5) is 0 Å². The topological polar surface area (TPSA) is 37.2 Å². The Morgan fingerprint density at radius 2 is 1.62 bits per heavy atom. The summed E-state index contributed by atoms with van der Waals surface area (Å²) in [6, 6.07) is 22.0. The predicted octanol–water partition coefficient (Wildman–Crippen LogP) is 2.82. The average Bonchev–Trinajstić information content (AvgIpc) is 3.28. The van der Waals surface area contributed by atoms with Crippen molar-refractivity contribution >= 4 is 0 Å². The van der Waals surface area contributed by atoms with Crippen LogP contribution in [0.15, 0.2) is 60.7 Å². The van der Waals surface area contributed by atoms with Crippen LogP contribution in [0.5, 0.6) is 0 Å². The first kappa shape index (κ1) is 15.7. The fourth-order valence-corrected chi connectivity index (χ4v) is 4.39. The van der Waals surface area contributed by atoms with E-state index in [2.05, 4.69) is 86.4 Å². The Morgan fingerprint density at radius 1 is 0.923 bits per heavy atom. The van der Waals surface area contributed by atoms with Gasteiger partial charge in [-0.05, 0) is 12.6 Å². The summed E-state index contributed by atoms with van der Waals surface area (Å²) >= 11 is 0. The SMILES string of the molecule is CN1Cc2c(-c3ccccc3)nnn2C2CN(Cc3ccccc3)CC21. The van der Waals surface area contributed by atoms with Gasteiger partial charge in [-0.15, -0.1) is 5.10 Å². The number of nitrogens with zero attached hydrogens (tertiary/aromatic N) is 5. The zero-order valence-electron chi connectivity index (χ0n) is 15.0. The highest BCUT2D eigenvalue weighted by molar-refractivity contribution is 5.61. The Balaban J connectivity index is 1.43. The highest BCUT2D eigenvalue weighted by atomic mass is 15.5. The first-order chi connectivity index (χ1) is 12.8. The number of aromatic nitrogens is 3. The van der Waals surface area contributed by atoms with Gasteiger partial charge in [0.25, 0.3) is 0 Å². The molecule has 0 radical (unpaired) electrons. The number of likely N-dealkylation sites (tertiary alicyclic amines) is 1. The Hall–Kier alpha value is -2.50. The zero-order valence-corrected chi connectivity index (χ0v) is 15.0. The molecule has 5 rings (SSSR count). The molecule has 0 spiro atoms. The van der Waals surface area contributed by atoms with Gasteiger partial charge in [-0.3, -0.25) is 9.80 Å². The second-order valence-electron chi connectivity index (χ2n) is 7.42. The standard InChI is InChI=1S/C21H23N5/c1-24-13-20-21(17-10-6-3-7-11-17)22-23-26(20)19-15-25(14-18(19)24)12-16-8-4-2-5-9-16/h2-11,18-19H,12-15H2,1H3. The van der Waals surface area contributed by atoms with E-state index >= 15 is 0 Å². The molecule has 0 N–H and O–H groups in total. The summed E-state index contributed by atoms with van der Waals surface area (Å²) in [6.07, 6.45) is 0. The van der Waals surface area contributed by atoms with Crippen LogP contribution in [0.2, 0.25) is 0 Å². The van der Waals surface area contributed by atoms with Crippen molar-refractivity contribution in [3.05, 3.63) is 71.9 Å². The lowest BCUT2D eigenvalue weighted by Gasteiger charge is -2.34. The van der Waals surface area contributed by atoms with Crippen LogP contribution in [-0.4, -0.2) is 51.0 Å². The Kier molecular flexibility index (Phi) is 3.84. The van der Waals surface area contributed by atoms with Crippen molar-refractivity contribution in [2.24, 2.45) is 0 Å². The van der Waals surface area contributed by atoms with Gasteiger partial charge in [0.2, 0.25) is 0 Å². The van der Waals surface area contributed by atoms with Gasteiger partial charge in [-0.1, -0.05) is 65.9 Å². The summed E-state index contributed by atoms with van der Waals surface area (Å²) in [5.74, 6) is 0. The van der Waals surface area contributed by atoms with Gasteiger partial charge >= 0.3 is 0 Å². The van der Waals surface area contributed by atoms with Gasteiger partial charge in [0.1, 0.15) is 5.69 Å². The third-order valence-electron chi connectivity index (χ3n) is 5.70. The number of benzene rings is 2. The molecule has 1 aromatic heterocycles. The number of likely N-dealkylation sites (N-methyl/N-ethyl adjacent to an activating group) is 1. The number of fused-ring (bicyclic) bond motifs is 3. The van der Waals surface area contributed by atoms with Crippen molar-refractivity contribution in [2.75, 3.05) is 20.1 Å². The maximum atomic E-state index is 4.57. The van der Waals surface area contributed by atoms with Crippen LogP contribution in [0.1, 0.15) is 17.3 Å². The first-order valence-corrected chi connectivity index (χ1v) is 9.25. The molecule has 2 aliphatic rings. The molecule has 2 aromatic carbocycles. The molecule has 5 heteroatoms. The molecule has 0 aliphatic carbocycles. The molecule has 1 saturated heterocycles. The van der Waals surface area contributed by atoms with Crippen molar-refractivity contribution in [3.63, 3.8) is 0 Å². The van der Waals surface area contributed by atoms with Crippen LogP contribution >= 0.6 is 0 Å². The normalized spacial score (nSPS) is 23.0. The highest BCUT2D eigenvalue weighted by Crippen LogP contribution is 2.35. The molecule has 26 heavy (non-hydrogen) atoms. The van der Waals surface area contributed by atoms with Crippen LogP contribution in [0, 0.1) is 0 Å². The van der Waals surface area contributed by atoms with Gasteiger partial charge in [0.15, 0.2) is 0 Å². The average molecular weight is 345 g/mol. The summed E-state index contributed by atoms with van der Waals surface area (Å²) in [6.45, 7) is 4.00. The molecule has 132 valence electrons. The second-order valence-corrected chi connectivity index (χ2v) is 7.42. The van der Waals surface area contributed by atoms with Crippen molar-refractivity contribution < 1.29 is 0 Å². The fraction of sp³-hybridized carbons (Fsp3) is 0.333. The third kappa shape index (κ3) is 2.64. The van der Waals surface area contributed by atoms with E-state index in [4.69, 9.17) is 0 Å². The van der Waals surface area contributed by atoms with Crippen LogP contribution in [-0.2, 0) is 13.1 Å². The Bertz CT molecular complexity index is 889. The zero-order chi connectivity index (χ0) is 17.5. The van der Waals surface area contributed by atoms with Crippen molar-refractivity contribution in [2.45, 2.75) is 25.2 Å². The monoisotopic (exact) mass is 345 g/mol. The van der Waals surface area contributed by atoms with Gasteiger partial charge in [0, 0.05) is 37.8 Å². The third-order valence-corrected chi connectivity index (χ3v) is 5.70. The summed E-state index contributed by atoms with van der Waals surface area (Å²) < 4.78 is 2.19. The van der Waals surface area contributed by atoms with E-state index in [1.165, 1.54) is 11.3 Å². The van der Waals surface area contributed by atoms with Crippen LogP contribution in [0.3, 0.4) is 0 Å². The van der Waals surface area contributed by atoms with Crippen LogP contribution in [0.25, 0.3) is 11.3 Å². The molecule has 3 heterocycles. The molecule has 3 aromatic rings. The number of rotatable bonds is 3. The lowest BCUT2D eigenvalue weighted by Crippen LogP contribution is -2.44. The molecule has 0 bridgehead atoms. The largest absolute Gasteiger partial charge is 0.295 e. The smallest absolute Gasteiger partial charge is 0.117 e. The minimum absolute atomic E-state index is 0.373. The van der Waals surface area contributed by atoms with Crippen molar-refractivity contribution in [3.8, 4) is 11.3 Å². The second kappa shape index (κ2) is 6.34. The molecular formula is C21H23N5. The Labute approximate surface area is 153 Å². The summed E-state index contributed by atoms with van der Waals surface area (Å²) in [7, 11) is 2.23. The van der Waals surface area contributed by atoms with E-state index in [9.17, 15) is 0 Å². The molecule has 2 aliphatic heterocycles. The number of hydrogen-bond acceptors (Lipinski definition) is 4. The molecule has 0 amide bonds. The lowest BCUT2D eigenvalue weighted by atomic mass is 10.0. The maximum absolute atomic E-state index is 4.57. The van der Waals surface area contributed by atoms with E-state index in [-0.39, 0.29) is 0 Å². The summed E-state index contributed by atoms with van der Waals surface area (Å²) in [5.41, 5.74) is 4.79. The van der Waals surface area contributed by atoms with Gasteiger partial charge in [0.05, 0.1) is 11.7 Å². The Morgan fingerprint density at radius 3 is 2.38 bits per heavy atom. The molecule has 0 saturated carbocycles. The van der Waals surface area contributed by atoms with E-state index < -0.39 is 0 Å². The molecule has 2 unspecified atom stereocenters. The summed E-state index contributed by atoms with van der Waals surface area (Å²) in [5, 5.41) is 9.10. The van der Waals surface area contributed by atoms with E-state index in [1.54, 1.807) is 0 Å². The first-order valence-electron chi connectivity index (χ1n) is 9.25. The van der Waals surface area contributed by atoms with Crippen molar-refractivity contribution in [1.29, 1.82) is 0 Å². The minimum Gasteiger partial charge on any atom is -0.295 e. The summed E-state index contributed by atoms with van der Waals surface area (Å²) in [4.78, 5) is 5.01. The van der Waals surface area contributed by atoms with Crippen LogP contribution < -0.4 is 0 Å². The highest BCUT2D eigenvalue weighted by Gasteiger charge is 2.42. The number of hydrogen-bond donors (Lipinski definition) is 0. The predicted molar refractivity (Wildman–Crippen MR) is 101 cm³/mol. The van der Waals surface area contributed by atoms with E-state index in [0.717, 1.165) is 37.4 Å². The van der Waals surface area contributed by atoms with E-state index in [1.807, 2.05) is 6.07 Å². The fourth-order valence-electron chi connectivity index (χ4n) is 4.39. The molecule has 1 fully saturated rings. The van der Waals surface area contributed by atoms with Gasteiger partial charge in [-0.25, -0.2) is 4.68 Å². The van der Waals surface area contributed by atoms with E-state index in [0.29, 0.717) is 12.1 Å². The minimum atomic E-state index is 0.373. The van der Waals surface area contributed by atoms with Gasteiger partial charge in [-0.2, -0.15) is 0 Å². The molecule has 5 nitrogen and oxygen atoms in total. The maximum Gasteiger partial charge on any atom is 0.117 e. The molecule has 2 atom stereocenters. The quantitative estimate of drug-likeness (QED) is 0.731. The van der Waals surface area contributed by atoms with Crippen molar-refractivity contribution in [1.82, 2.24) is 24.8 Å².